The molecule has 0 spiro atoms. The van der Waals surface area contributed by atoms with Crippen LogP contribution in [-0.2, 0) is 0 Å². The Balaban J connectivity index is 1.93. The van der Waals surface area contributed by atoms with E-state index in [1.54, 1.807) is 11.8 Å². The predicted octanol–water partition coefficient (Wildman–Crippen LogP) is 3.82. The summed E-state index contributed by atoms with van der Waals surface area (Å²) in [4.78, 5) is 1.19. The first-order chi connectivity index (χ1) is 8.25. The first-order valence-electron chi connectivity index (χ1n) is 5.68. The van der Waals surface area contributed by atoms with Crippen LogP contribution in [0.1, 0.15) is 17.2 Å². The van der Waals surface area contributed by atoms with Gasteiger partial charge in [0, 0.05) is 10.6 Å². The maximum atomic E-state index is 10.1. The van der Waals surface area contributed by atoms with Crippen LogP contribution in [0.2, 0.25) is 0 Å². The average Bonchev–Trinajstić information content (AvgIpc) is 2.38. The summed E-state index contributed by atoms with van der Waals surface area (Å²) in [6.45, 7) is 2.05. The van der Waals surface area contributed by atoms with Gasteiger partial charge >= 0.3 is 0 Å². The molecule has 0 fully saturated rings. The van der Waals surface area contributed by atoms with Gasteiger partial charge in [0.25, 0.3) is 0 Å². The fraction of sp³-hybridized carbons (Fsp3) is 0.200. The van der Waals surface area contributed by atoms with Crippen molar-refractivity contribution < 1.29 is 5.11 Å². The van der Waals surface area contributed by atoms with Crippen molar-refractivity contribution in [2.75, 3.05) is 5.75 Å². The van der Waals surface area contributed by atoms with Crippen LogP contribution in [0.25, 0.3) is 0 Å². The van der Waals surface area contributed by atoms with Gasteiger partial charge in [0.05, 0.1) is 6.10 Å². The Labute approximate surface area is 107 Å². The van der Waals surface area contributed by atoms with E-state index in [-0.39, 0.29) is 0 Å². The molecule has 0 radical (unpaired) electrons. The van der Waals surface area contributed by atoms with E-state index in [1.807, 2.05) is 42.5 Å². The van der Waals surface area contributed by atoms with E-state index < -0.39 is 6.10 Å². The average molecular weight is 244 g/mol. The lowest BCUT2D eigenvalue weighted by Gasteiger charge is -2.10. The highest BCUT2D eigenvalue weighted by Crippen LogP contribution is 2.24. The predicted molar refractivity (Wildman–Crippen MR) is 73.3 cm³/mol. The van der Waals surface area contributed by atoms with Gasteiger partial charge < -0.3 is 5.11 Å². The molecule has 0 heterocycles. The largest absolute Gasteiger partial charge is 0.388 e. The van der Waals surface area contributed by atoms with E-state index in [4.69, 9.17) is 0 Å². The lowest BCUT2D eigenvalue weighted by atomic mass is 10.1. The van der Waals surface area contributed by atoms with Crippen molar-refractivity contribution in [3.8, 4) is 0 Å². The molecule has 1 nitrogen and oxygen atoms in total. The minimum absolute atomic E-state index is 0.402. The zero-order valence-corrected chi connectivity index (χ0v) is 10.7. The number of thioether (sulfide) groups is 1. The molecule has 0 aliphatic carbocycles. The highest BCUT2D eigenvalue weighted by atomic mass is 32.2. The Morgan fingerprint density at radius 3 is 2.29 bits per heavy atom. The van der Waals surface area contributed by atoms with Crippen LogP contribution in [0.15, 0.2) is 59.5 Å². The molecule has 2 aromatic rings. The van der Waals surface area contributed by atoms with E-state index in [2.05, 4.69) is 19.1 Å². The topological polar surface area (TPSA) is 20.2 Å². The molecule has 0 saturated heterocycles. The summed E-state index contributed by atoms with van der Waals surface area (Å²) in [5.74, 6) is 0.688. The SMILES string of the molecule is Cc1ccc(C(O)CSc2ccccc2)cc1. The molecule has 0 bridgehead atoms. The third-order valence-electron chi connectivity index (χ3n) is 2.61. The maximum Gasteiger partial charge on any atom is 0.0883 e. The number of hydrogen-bond acceptors (Lipinski definition) is 2. The van der Waals surface area contributed by atoms with Crippen LogP contribution in [0.3, 0.4) is 0 Å². The summed E-state index contributed by atoms with van der Waals surface area (Å²) >= 11 is 1.68. The normalized spacial score (nSPS) is 12.4. The van der Waals surface area contributed by atoms with Gasteiger partial charge in [-0.2, -0.15) is 0 Å². The molecule has 1 unspecified atom stereocenters. The first kappa shape index (κ1) is 12.2. The molecule has 0 saturated carbocycles. The number of aryl methyl sites for hydroxylation is 1. The van der Waals surface area contributed by atoms with Gasteiger partial charge in [-0.1, -0.05) is 48.0 Å². The Morgan fingerprint density at radius 1 is 1.00 bits per heavy atom. The molecular formula is C15H16OS. The fourth-order valence-corrected chi connectivity index (χ4v) is 2.47. The second kappa shape index (κ2) is 5.89. The standard InChI is InChI=1S/C15H16OS/c1-12-7-9-13(10-8-12)15(16)11-17-14-5-3-2-4-6-14/h2-10,15-16H,11H2,1H3. The quantitative estimate of drug-likeness (QED) is 0.825. The maximum absolute atomic E-state index is 10.1. The Morgan fingerprint density at radius 2 is 1.65 bits per heavy atom. The lowest BCUT2D eigenvalue weighted by molar-refractivity contribution is 0.204. The van der Waals surface area contributed by atoms with Crippen molar-refractivity contribution in [1.82, 2.24) is 0 Å². The van der Waals surface area contributed by atoms with Crippen molar-refractivity contribution in [1.29, 1.82) is 0 Å². The van der Waals surface area contributed by atoms with Crippen molar-refractivity contribution in [2.24, 2.45) is 0 Å². The van der Waals surface area contributed by atoms with Gasteiger partial charge in [-0.3, -0.25) is 0 Å². The molecule has 0 aliphatic rings. The zero-order valence-electron chi connectivity index (χ0n) is 9.84. The summed E-state index contributed by atoms with van der Waals surface area (Å²) < 4.78 is 0. The molecule has 88 valence electrons. The molecule has 0 aromatic heterocycles. The number of hydrogen-bond donors (Lipinski definition) is 1. The minimum Gasteiger partial charge on any atom is -0.388 e. The van der Waals surface area contributed by atoms with E-state index in [1.165, 1.54) is 10.5 Å². The number of aliphatic hydroxyl groups excluding tert-OH is 1. The van der Waals surface area contributed by atoms with Crippen molar-refractivity contribution in [2.45, 2.75) is 17.9 Å². The summed E-state index contributed by atoms with van der Waals surface area (Å²) in [6, 6.07) is 18.2. The summed E-state index contributed by atoms with van der Waals surface area (Å²) in [5, 5.41) is 10.1. The molecule has 2 aromatic carbocycles. The van der Waals surface area contributed by atoms with E-state index >= 15 is 0 Å². The van der Waals surface area contributed by atoms with Crippen LogP contribution in [0, 0.1) is 6.92 Å². The van der Waals surface area contributed by atoms with Gasteiger partial charge in [0.15, 0.2) is 0 Å². The van der Waals surface area contributed by atoms with Gasteiger partial charge in [0.1, 0.15) is 0 Å². The molecular weight excluding hydrogens is 228 g/mol. The van der Waals surface area contributed by atoms with Gasteiger partial charge in [-0.15, -0.1) is 11.8 Å². The second-order valence-corrected chi connectivity index (χ2v) is 5.14. The smallest absolute Gasteiger partial charge is 0.0883 e. The molecule has 0 aliphatic heterocycles. The summed E-state index contributed by atoms with van der Waals surface area (Å²) in [5.41, 5.74) is 2.20. The number of aliphatic hydroxyl groups is 1. The van der Waals surface area contributed by atoms with Crippen LogP contribution in [-0.4, -0.2) is 10.9 Å². The van der Waals surface area contributed by atoms with Crippen molar-refractivity contribution in [3.63, 3.8) is 0 Å². The minimum atomic E-state index is -0.402. The van der Waals surface area contributed by atoms with E-state index in [0.717, 1.165) is 5.56 Å². The lowest BCUT2D eigenvalue weighted by Crippen LogP contribution is -2.00. The second-order valence-electron chi connectivity index (χ2n) is 4.05. The van der Waals surface area contributed by atoms with Crippen LogP contribution >= 0.6 is 11.8 Å². The Kier molecular flexibility index (Phi) is 4.24. The molecule has 2 heteroatoms. The van der Waals surface area contributed by atoms with E-state index in [0.29, 0.717) is 5.75 Å². The fourth-order valence-electron chi connectivity index (χ4n) is 1.58. The van der Waals surface area contributed by atoms with Crippen LogP contribution in [0.4, 0.5) is 0 Å². The summed E-state index contributed by atoms with van der Waals surface area (Å²) in [6.07, 6.45) is -0.402. The highest BCUT2D eigenvalue weighted by molar-refractivity contribution is 7.99. The Hall–Kier alpha value is -1.25. The molecule has 0 amide bonds. The molecule has 1 atom stereocenters. The van der Waals surface area contributed by atoms with Crippen molar-refractivity contribution >= 4 is 11.8 Å². The van der Waals surface area contributed by atoms with Crippen LogP contribution < -0.4 is 0 Å². The monoisotopic (exact) mass is 244 g/mol. The van der Waals surface area contributed by atoms with Crippen molar-refractivity contribution in [3.05, 3.63) is 65.7 Å². The van der Waals surface area contributed by atoms with Gasteiger partial charge in [-0.25, -0.2) is 0 Å². The third-order valence-corrected chi connectivity index (χ3v) is 3.70. The molecule has 1 N–H and O–H groups in total. The van der Waals surface area contributed by atoms with Gasteiger partial charge in [-0.05, 0) is 24.6 Å². The zero-order chi connectivity index (χ0) is 12.1. The molecule has 17 heavy (non-hydrogen) atoms. The Bertz CT molecular complexity index is 450. The number of rotatable bonds is 4. The third kappa shape index (κ3) is 3.62. The van der Waals surface area contributed by atoms with Crippen LogP contribution in [0.5, 0.6) is 0 Å². The number of benzene rings is 2. The molecule has 2 rings (SSSR count). The highest BCUT2D eigenvalue weighted by Gasteiger charge is 2.07. The summed E-state index contributed by atoms with van der Waals surface area (Å²) in [7, 11) is 0. The first-order valence-corrected chi connectivity index (χ1v) is 6.67. The van der Waals surface area contributed by atoms with Gasteiger partial charge in [0.2, 0.25) is 0 Å². The van der Waals surface area contributed by atoms with E-state index in [9.17, 15) is 5.11 Å².